The highest BCUT2D eigenvalue weighted by atomic mass is 127. The summed E-state index contributed by atoms with van der Waals surface area (Å²) in [6, 6.07) is 13.5. The van der Waals surface area contributed by atoms with Gasteiger partial charge in [-0.2, -0.15) is 13.2 Å². The molecule has 1 unspecified atom stereocenters. The topological polar surface area (TPSA) is 57.6 Å². The van der Waals surface area contributed by atoms with Crippen molar-refractivity contribution in [3.8, 4) is 17.4 Å². The largest absolute Gasteiger partial charge is 0.452 e. The summed E-state index contributed by atoms with van der Waals surface area (Å²) in [5.41, 5.74) is -0.487. The maximum absolute atomic E-state index is 12.7. The lowest BCUT2D eigenvalue weighted by molar-refractivity contribution is -0.137. The molecule has 2 aromatic carbocycles. The van der Waals surface area contributed by atoms with E-state index in [0.717, 1.165) is 12.1 Å². The first-order valence-electron chi connectivity index (χ1n) is 9.30. The van der Waals surface area contributed by atoms with Crippen LogP contribution in [0.15, 0.2) is 60.8 Å². The van der Waals surface area contributed by atoms with Crippen LogP contribution >= 0.6 is 34.2 Å². The molecular weight excluding hydrogens is 562 g/mol. The first-order valence-corrected chi connectivity index (χ1v) is 10.8. The number of rotatable bonds is 7. The van der Waals surface area contributed by atoms with Crippen molar-refractivity contribution in [2.45, 2.75) is 25.8 Å². The van der Waals surface area contributed by atoms with Crippen molar-refractivity contribution in [1.29, 1.82) is 0 Å². The van der Waals surface area contributed by atoms with Gasteiger partial charge in [-0.15, -0.1) is 0 Å². The molecule has 1 aromatic heterocycles. The highest BCUT2D eigenvalue weighted by molar-refractivity contribution is 14.1. The van der Waals surface area contributed by atoms with E-state index in [1.807, 2.05) is 22.6 Å². The molecule has 0 aliphatic heterocycles. The van der Waals surface area contributed by atoms with Gasteiger partial charge in [-0.05, 0) is 46.9 Å². The summed E-state index contributed by atoms with van der Waals surface area (Å²) in [5.74, 6) is -0.0387. The normalized spacial score (nSPS) is 12.2. The van der Waals surface area contributed by atoms with Crippen LogP contribution in [0.4, 0.5) is 13.2 Å². The van der Waals surface area contributed by atoms with E-state index in [2.05, 4.69) is 4.98 Å². The van der Waals surface area contributed by atoms with Crippen LogP contribution < -0.4 is 14.2 Å². The highest BCUT2D eigenvalue weighted by Crippen LogP contribution is 2.36. The van der Waals surface area contributed by atoms with Crippen LogP contribution in [0.3, 0.4) is 0 Å². The van der Waals surface area contributed by atoms with E-state index in [4.69, 9.17) is 25.8 Å². The lowest BCUT2D eigenvalue weighted by atomic mass is 10.2. The van der Waals surface area contributed by atoms with Crippen LogP contribution in [-0.4, -0.2) is 17.2 Å². The number of halogens is 5. The summed E-state index contributed by atoms with van der Waals surface area (Å²) in [5, 5.41) is 0.176. The zero-order chi connectivity index (χ0) is 23.3. The Balaban J connectivity index is 1.71. The fourth-order valence-corrected chi connectivity index (χ4v) is 3.66. The highest BCUT2D eigenvalue weighted by Gasteiger charge is 2.31. The number of pyridine rings is 1. The summed E-state index contributed by atoms with van der Waals surface area (Å²) in [7, 11) is 0. The minimum atomic E-state index is -4.48. The number of ether oxygens (including phenoxy) is 3. The Morgan fingerprint density at radius 3 is 2.41 bits per heavy atom. The monoisotopic (exact) mass is 577 g/mol. The van der Waals surface area contributed by atoms with E-state index < -0.39 is 24.0 Å². The van der Waals surface area contributed by atoms with E-state index in [1.165, 1.54) is 6.07 Å². The van der Waals surface area contributed by atoms with Crippen molar-refractivity contribution < 1.29 is 32.2 Å². The second kappa shape index (κ2) is 10.4. The molecule has 0 saturated carbocycles. The van der Waals surface area contributed by atoms with Crippen LogP contribution in [-0.2, 0) is 6.18 Å². The average Bonchev–Trinajstić information content (AvgIpc) is 2.75. The molecule has 3 aromatic rings. The summed E-state index contributed by atoms with van der Waals surface area (Å²) in [6.07, 6.45) is -4.29. The molecule has 0 spiro atoms. The molecular formula is C22H16ClF3INO4. The van der Waals surface area contributed by atoms with Crippen molar-refractivity contribution in [2.75, 3.05) is 0 Å². The van der Waals surface area contributed by atoms with Gasteiger partial charge in [0.1, 0.15) is 5.75 Å². The summed E-state index contributed by atoms with van der Waals surface area (Å²) < 4.78 is 55.3. The van der Waals surface area contributed by atoms with Gasteiger partial charge in [0.15, 0.2) is 5.75 Å². The summed E-state index contributed by atoms with van der Waals surface area (Å²) in [6.45, 7) is 1.77. The fourth-order valence-electron chi connectivity index (χ4n) is 2.52. The maximum atomic E-state index is 12.7. The number of aromatic nitrogens is 1. The van der Waals surface area contributed by atoms with E-state index >= 15 is 0 Å². The number of alkyl halides is 3. The fraction of sp³-hybridized carbons (Fsp3) is 0.182. The van der Waals surface area contributed by atoms with Crippen molar-refractivity contribution in [1.82, 2.24) is 4.98 Å². The molecule has 5 nitrogen and oxygen atoms in total. The molecule has 168 valence electrons. The quantitative estimate of drug-likeness (QED) is 0.134. The molecule has 10 heteroatoms. The second-order valence-electron chi connectivity index (χ2n) is 6.43. The van der Waals surface area contributed by atoms with Crippen LogP contribution in [0.2, 0.25) is 5.02 Å². The molecule has 0 fully saturated rings. The number of esters is 1. The Hall–Kier alpha value is -2.53. The van der Waals surface area contributed by atoms with Crippen molar-refractivity contribution in [3.63, 3.8) is 0 Å². The van der Waals surface area contributed by atoms with Gasteiger partial charge in [0.05, 0.1) is 19.7 Å². The van der Waals surface area contributed by atoms with Gasteiger partial charge < -0.3 is 14.2 Å². The van der Waals surface area contributed by atoms with E-state index in [0.29, 0.717) is 21.8 Å². The molecule has 0 bridgehead atoms. The molecule has 0 saturated heterocycles. The van der Waals surface area contributed by atoms with Crippen LogP contribution in [0, 0.1) is 3.57 Å². The summed E-state index contributed by atoms with van der Waals surface area (Å²) >= 11 is 8.29. The van der Waals surface area contributed by atoms with Gasteiger partial charge in [-0.3, -0.25) is 0 Å². The van der Waals surface area contributed by atoms with E-state index in [9.17, 15) is 18.0 Å². The molecule has 0 aliphatic rings. The van der Waals surface area contributed by atoms with Crippen molar-refractivity contribution in [2.24, 2.45) is 0 Å². The average molecular weight is 578 g/mol. The number of carbonyl (C=O) groups excluding carboxylic acids is 1. The molecule has 32 heavy (non-hydrogen) atoms. The Kier molecular flexibility index (Phi) is 7.83. The minimum absolute atomic E-state index is 0.0237. The van der Waals surface area contributed by atoms with E-state index in [-0.39, 0.29) is 22.4 Å². The molecule has 0 N–H and O–H groups in total. The van der Waals surface area contributed by atoms with Crippen LogP contribution in [0.1, 0.15) is 29.3 Å². The van der Waals surface area contributed by atoms with Gasteiger partial charge >= 0.3 is 12.1 Å². The maximum Gasteiger partial charge on any atom is 0.417 e. The standard InChI is InChI=1S/C22H16ClF3INO4/c1-2-19(31-18-9-8-14(12-28-18)22(24,25)26)32-20-16(23)10-15(11-17(20)27)30-21(29)13-6-4-3-5-7-13/h3-12,19H,2H2,1H3. The number of nitrogens with zero attached hydrogens (tertiary/aromatic N) is 1. The Labute approximate surface area is 200 Å². The SMILES string of the molecule is CCC(Oc1ccc(C(F)(F)F)cn1)Oc1c(Cl)cc(OC(=O)c2ccccc2)cc1I. The predicted molar refractivity (Wildman–Crippen MR) is 120 cm³/mol. The van der Waals surface area contributed by atoms with Crippen LogP contribution in [0.5, 0.6) is 17.4 Å². The smallest absolute Gasteiger partial charge is 0.417 e. The van der Waals surface area contributed by atoms with E-state index in [1.54, 1.807) is 43.3 Å². The Bertz CT molecular complexity index is 1060. The molecule has 0 radical (unpaired) electrons. The molecule has 3 rings (SSSR count). The van der Waals surface area contributed by atoms with Crippen molar-refractivity contribution >= 4 is 40.2 Å². The minimum Gasteiger partial charge on any atom is -0.452 e. The zero-order valence-electron chi connectivity index (χ0n) is 16.5. The third kappa shape index (κ3) is 6.26. The second-order valence-corrected chi connectivity index (χ2v) is 8.00. The van der Waals surface area contributed by atoms with Crippen molar-refractivity contribution in [3.05, 3.63) is 80.5 Å². The molecule has 0 amide bonds. The van der Waals surface area contributed by atoms with Crippen LogP contribution in [0.25, 0.3) is 0 Å². The number of hydrogen-bond acceptors (Lipinski definition) is 5. The summed E-state index contributed by atoms with van der Waals surface area (Å²) in [4.78, 5) is 15.9. The van der Waals surface area contributed by atoms with Gasteiger partial charge in [0, 0.05) is 24.8 Å². The van der Waals surface area contributed by atoms with Gasteiger partial charge in [-0.1, -0.05) is 36.7 Å². The number of carbonyl (C=O) groups is 1. The van der Waals surface area contributed by atoms with Gasteiger partial charge in [0.25, 0.3) is 0 Å². The molecule has 1 heterocycles. The Morgan fingerprint density at radius 2 is 1.84 bits per heavy atom. The number of hydrogen-bond donors (Lipinski definition) is 0. The first kappa shape index (κ1) is 24.1. The molecule has 1 atom stereocenters. The lowest BCUT2D eigenvalue weighted by Crippen LogP contribution is -2.24. The third-order valence-corrected chi connectivity index (χ3v) is 5.17. The van der Waals surface area contributed by atoms with Gasteiger partial charge in [-0.25, -0.2) is 9.78 Å². The lowest BCUT2D eigenvalue weighted by Gasteiger charge is -2.20. The Morgan fingerprint density at radius 1 is 1.12 bits per heavy atom. The first-order chi connectivity index (χ1) is 15.2. The van der Waals surface area contributed by atoms with Gasteiger partial charge in [0.2, 0.25) is 12.2 Å². The molecule has 0 aliphatic carbocycles. The number of benzene rings is 2. The zero-order valence-corrected chi connectivity index (χ0v) is 19.4. The third-order valence-electron chi connectivity index (χ3n) is 4.09. The predicted octanol–water partition coefficient (Wildman–Crippen LogP) is 6.77.